The van der Waals surface area contributed by atoms with Crippen molar-refractivity contribution in [2.75, 3.05) is 26.4 Å². The number of esters is 2. The molecule has 438 valence electrons. The molecule has 1 unspecified atom stereocenters. The standard InChI is InChI=1S/C68H130O6/c1-2-3-4-5-6-7-8-9-10-11-12-13-14-15-16-17-18-19-20-21-22-23-24-25-26-27-28-29-30-31-32-33-34-35-36-37-38-39-40-41-42-43-44-45-46-47-48-49-50-51-52-53-54-55-56-57-58-59-65-60-66(71)73-63-68(61-69,62-70)64-74-67(65)72/h19-20,65,69-70H,2-18,21-64H2,1H3/b20-19+. The molecule has 1 atom stereocenters. The van der Waals surface area contributed by atoms with Crippen LogP contribution in [0.15, 0.2) is 12.2 Å². The van der Waals surface area contributed by atoms with Crippen LogP contribution in [0.2, 0.25) is 0 Å². The molecule has 0 radical (unpaired) electrons. The summed E-state index contributed by atoms with van der Waals surface area (Å²) in [4.78, 5) is 24.8. The van der Waals surface area contributed by atoms with Gasteiger partial charge in [-0.2, -0.15) is 0 Å². The summed E-state index contributed by atoms with van der Waals surface area (Å²) in [5.41, 5.74) is -1.12. The highest BCUT2D eigenvalue weighted by molar-refractivity contribution is 5.80. The van der Waals surface area contributed by atoms with Gasteiger partial charge >= 0.3 is 11.9 Å². The van der Waals surface area contributed by atoms with Gasteiger partial charge in [0.05, 0.1) is 31.0 Å². The van der Waals surface area contributed by atoms with Gasteiger partial charge in [0, 0.05) is 0 Å². The van der Waals surface area contributed by atoms with E-state index in [1.54, 1.807) is 0 Å². The SMILES string of the molecule is CCCCCCCCCCCCCCCCCC/C=C/CCCCCCCCCCCCCCCCCCCCCCCCCCCCCCCCCCCCCCCC1CC(=O)OCC(CO)(CO)COC1=O. The van der Waals surface area contributed by atoms with E-state index < -0.39 is 36.5 Å². The van der Waals surface area contributed by atoms with Crippen LogP contribution < -0.4 is 0 Å². The Morgan fingerprint density at radius 2 is 0.581 bits per heavy atom. The van der Waals surface area contributed by atoms with E-state index in [1.807, 2.05) is 0 Å². The van der Waals surface area contributed by atoms with E-state index in [9.17, 15) is 19.8 Å². The quantitative estimate of drug-likeness (QED) is 0.0358. The maximum Gasteiger partial charge on any atom is 0.309 e. The molecular weight excluding hydrogens is 913 g/mol. The van der Waals surface area contributed by atoms with Gasteiger partial charge in [-0.3, -0.25) is 9.59 Å². The van der Waals surface area contributed by atoms with E-state index in [2.05, 4.69) is 19.1 Å². The van der Waals surface area contributed by atoms with Gasteiger partial charge in [0.25, 0.3) is 0 Å². The van der Waals surface area contributed by atoms with E-state index in [4.69, 9.17) is 9.47 Å². The summed E-state index contributed by atoms with van der Waals surface area (Å²) in [7, 11) is 0. The molecule has 1 rings (SSSR count). The first kappa shape index (κ1) is 70.6. The Morgan fingerprint density at radius 3 is 0.838 bits per heavy atom. The van der Waals surface area contributed by atoms with Crippen LogP contribution in [-0.2, 0) is 19.1 Å². The molecule has 0 saturated carbocycles. The Labute approximate surface area is 462 Å². The highest BCUT2D eigenvalue weighted by Crippen LogP contribution is 2.25. The van der Waals surface area contributed by atoms with Gasteiger partial charge in [-0.25, -0.2) is 0 Å². The minimum atomic E-state index is -1.12. The van der Waals surface area contributed by atoms with Crippen LogP contribution in [0.1, 0.15) is 373 Å². The Kier molecular flexibility index (Phi) is 55.1. The number of cyclic esters (lactones) is 2. The second kappa shape index (κ2) is 57.8. The van der Waals surface area contributed by atoms with E-state index in [-0.39, 0.29) is 19.6 Å². The van der Waals surface area contributed by atoms with Crippen molar-refractivity contribution in [2.24, 2.45) is 11.3 Å². The topological polar surface area (TPSA) is 93.1 Å². The highest BCUT2D eigenvalue weighted by atomic mass is 16.6. The smallest absolute Gasteiger partial charge is 0.309 e. The number of ether oxygens (including phenoxy) is 2. The summed E-state index contributed by atoms with van der Waals surface area (Å²) in [5.74, 6) is -1.40. The molecule has 1 heterocycles. The largest absolute Gasteiger partial charge is 0.465 e. The monoisotopic (exact) mass is 1040 g/mol. The third-order valence-electron chi connectivity index (χ3n) is 16.8. The molecule has 1 fully saturated rings. The Morgan fingerprint density at radius 1 is 0.351 bits per heavy atom. The molecule has 1 aliphatic rings. The maximum absolute atomic E-state index is 12.6. The molecular formula is C68H130O6. The van der Waals surface area contributed by atoms with Gasteiger partial charge < -0.3 is 19.7 Å². The predicted molar refractivity (Wildman–Crippen MR) is 320 cm³/mol. The van der Waals surface area contributed by atoms with Gasteiger partial charge in [-0.05, 0) is 32.1 Å². The van der Waals surface area contributed by atoms with Crippen LogP contribution in [0.5, 0.6) is 0 Å². The van der Waals surface area contributed by atoms with Gasteiger partial charge in [0.2, 0.25) is 0 Å². The molecule has 6 nitrogen and oxygen atoms in total. The van der Waals surface area contributed by atoms with E-state index in [1.165, 1.54) is 334 Å². The van der Waals surface area contributed by atoms with Crippen molar-refractivity contribution in [3.8, 4) is 0 Å². The lowest BCUT2D eigenvalue weighted by Gasteiger charge is -2.27. The molecule has 0 aromatic carbocycles. The highest BCUT2D eigenvalue weighted by Gasteiger charge is 2.36. The molecule has 2 N–H and O–H groups in total. The van der Waals surface area contributed by atoms with Crippen molar-refractivity contribution in [3.05, 3.63) is 12.2 Å². The van der Waals surface area contributed by atoms with Crippen molar-refractivity contribution in [2.45, 2.75) is 373 Å². The number of carbonyl (C=O) groups is 2. The van der Waals surface area contributed by atoms with Crippen LogP contribution in [0.4, 0.5) is 0 Å². The van der Waals surface area contributed by atoms with E-state index in [0.29, 0.717) is 6.42 Å². The zero-order chi connectivity index (χ0) is 53.2. The lowest BCUT2D eigenvalue weighted by Crippen LogP contribution is -2.40. The van der Waals surface area contributed by atoms with E-state index in [0.717, 1.165) is 19.3 Å². The third kappa shape index (κ3) is 48.9. The molecule has 1 aliphatic heterocycles. The lowest BCUT2D eigenvalue weighted by molar-refractivity contribution is -0.155. The average molecular weight is 1040 g/mol. The molecule has 0 amide bonds. The number of hydrogen-bond acceptors (Lipinski definition) is 6. The molecule has 0 aromatic rings. The lowest BCUT2D eigenvalue weighted by atomic mass is 9.92. The fourth-order valence-corrected chi connectivity index (χ4v) is 11.3. The van der Waals surface area contributed by atoms with E-state index >= 15 is 0 Å². The number of carbonyl (C=O) groups excluding carboxylic acids is 2. The normalized spacial score (nSPS) is 15.1. The Balaban J connectivity index is 1.67. The second-order valence-corrected chi connectivity index (χ2v) is 24.2. The van der Waals surface area contributed by atoms with Crippen molar-refractivity contribution < 1.29 is 29.3 Å². The van der Waals surface area contributed by atoms with Gasteiger partial charge in [-0.1, -0.05) is 347 Å². The predicted octanol–water partition coefficient (Wildman–Crippen LogP) is 21.5. The van der Waals surface area contributed by atoms with Crippen molar-refractivity contribution in [1.82, 2.24) is 0 Å². The number of rotatable bonds is 59. The first-order valence-electron chi connectivity index (χ1n) is 33.8. The molecule has 0 aliphatic carbocycles. The fourth-order valence-electron chi connectivity index (χ4n) is 11.3. The summed E-state index contributed by atoms with van der Waals surface area (Å²) in [6, 6.07) is 0. The van der Waals surface area contributed by atoms with Gasteiger partial charge in [0.15, 0.2) is 0 Å². The summed E-state index contributed by atoms with van der Waals surface area (Å²) in [6.07, 6.45) is 83.1. The zero-order valence-electron chi connectivity index (χ0n) is 49.9. The number of aliphatic hydroxyl groups excluding tert-OH is 2. The molecule has 6 heteroatoms. The minimum Gasteiger partial charge on any atom is -0.465 e. The van der Waals surface area contributed by atoms with Crippen molar-refractivity contribution in [3.63, 3.8) is 0 Å². The molecule has 0 spiro atoms. The molecule has 0 aromatic heterocycles. The second-order valence-electron chi connectivity index (χ2n) is 24.2. The number of unbranched alkanes of at least 4 members (excludes halogenated alkanes) is 53. The van der Waals surface area contributed by atoms with Crippen LogP contribution in [0.3, 0.4) is 0 Å². The number of allylic oxidation sites excluding steroid dienone is 2. The molecule has 74 heavy (non-hydrogen) atoms. The number of hydrogen-bond donors (Lipinski definition) is 2. The summed E-state index contributed by atoms with van der Waals surface area (Å²) >= 11 is 0. The first-order valence-corrected chi connectivity index (χ1v) is 33.8. The third-order valence-corrected chi connectivity index (χ3v) is 16.8. The molecule has 1 saturated heterocycles. The van der Waals surface area contributed by atoms with Gasteiger partial charge in [0.1, 0.15) is 13.2 Å². The van der Waals surface area contributed by atoms with Crippen molar-refractivity contribution >= 4 is 11.9 Å². The van der Waals surface area contributed by atoms with Gasteiger partial charge in [-0.15, -0.1) is 0 Å². The Hall–Kier alpha value is -1.40. The summed E-state index contributed by atoms with van der Waals surface area (Å²) < 4.78 is 10.6. The van der Waals surface area contributed by atoms with Crippen LogP contribution >= 0.6 is 0 Å². The summed E-state index contributed by atoms with van der Waals surface area (Å²) in [6.45, 7) is 1.21. The van der Waals surface area contributed by atoms with Crippen LogP contribution in [0.25, 0.3) is 0 Å². The molecule has 0 bridgehead atoms. The number of aliphatic hydroxyl groups is 2. The summed E-state index contributed by atoms with van der Waals surface area (Å²) in [5, 5.41) is 19.2. The fraction of sp³-hybridized carbons (Fsp3) is 0.941. The van der Waals surface area contributed by atoms with Crippen molar-refractivity contribution in [1.29, 1.82) is 0 Å². The maximum atomic E-state index is 12.6. The minimum absolute atomic E-state index is 0.00504. The van der Waals surface area contributed by atoms with Crippen LogP contribution in [-0.4, -0.2) is 48.6 Å². The zero-order valence-corrected chi connectivity index (χ0v) is 49.9. The Bertz CT molecular complexity index is 1160. The first-order chi connectivity index (χ1) is 36.6. The van der Waals surface area contributed by atoms with Crippen LogP contribution in [0, 0.1) is 11.3 Å². The average Bonchev–Trinajstić information content (AvgIpc) is 3.47.